The van der Waals surface area contributed by atoms with Crippen LogP contribution in [0.5, 0.6) is 5.75 Å². The minimum absolute atomic E-state index is 0.102. The summed E-state index contributed by atoms with van der Waals surface area (Å²) in [6.07, 6.45) is 0.133. The van der Waals surface area contributed by atoms with Gasteiger partial charge in [-0.1, -0.05) is 12.1 Å². The smallest absolute Gasteiger partial charge is 0.326 e. The number of carboxylic acids is 1. The number of hydrogen-bond acceptors (Lipinski definition) is 4. The van der Waals surface area contributed by atoms with Crippen LogP contribution < -0.4 is 11.1 Å². The Morgan fingerprint density at radius 2 is 1.89 bits per heavy atom. The van der Waals surface area contributed by atoms with E-state index in [1.807, 2.05) is 0 Å². The number of carboxylic acid groups (broad SMARTS) is 1. The molecule has 0 spiro atoms. The van der Waals surface area contributed by atoms with E-state index in [1.165, 1.54) is 19.1 Å². The van der Waals surface area contributed by atoms with E-state index in [2.05, 4.69) is 5.32 Å². The molecule has 0 saturated carbocycles. The minimum atomic E-state index is -1.13. The maximum Gasteiger partial charge on any atom is 0.326 e. The second kappa shape index (κ2) is 6.02. The minimum Gasteiger partial charge on any atom is -0.508 e. The van der Waals surface area contributed by atoms with Gasteiger partial charge in [-0.15, -0.1) is 0 Å². The zero-order chi connectivity index (χ0) is 13.7. The Balaban J connectivity index is 2.72. The van der Waals surface area contributed by atoms with Gasteiger partial charge in [0.1, 0.15) is 11.8 Å². The maximum absolute atomic E-state index is 11.4. The Morgan fingerprint density at radius 1 is 1.33 bits per heavy atom. The molecule has 0 aliphatic carbocycles. The van der Waals surface area contributed by atoms with Crippen LogP contribution in [-0.4, -0.2) is 34.2 Å². The molecule has 1 unspecified atom stereocenters. The molecule has 1 rings (SSSR count). The predicted molar refractivity (Wildman–Crippen MR) is 65.0 cm³/mol. The third kappa shape index (κ3) is 4.06. The van der Waals surface area contributed by atoms with Crippen molar-refractivity contribution in [2.24, 2.45) is 5.73 Å². The van der Waals surface area contributed by atoms with Gasteiger partial charge in [-0.3, -0.25) is 4.79 Å². The van der Waals surface area contributed by atoms with Gasteiger partial charge in [0.2, 0.25) is 5.91 Å². The average molecular weight is 252 g/mol. The highest BCUT2D eigenvalue weighted by Crippen LogP contribution is 2.11. The van der Waals surface area contributed by atoms with Crippen LogP contribution in [0.25, 0.3) is 0 Å². The predicted octanol–water partition coefficient (Wildman–Crippen LogP) is -0.149. The number of amides is 1. The van der Waals surface area contributed by atoms with Gasteiger partial charge < -0.3 is 21.3 Å². The molecule has 5 N–H and O–H groups in total. The quantitative estimate of drug-likeness (QED) is 0.582. The number of phenols is 1. The lowest BCUT2D eigenvalue weighted by Crippen LogP contribution is -2.48. The number of rotatable bonds is 5. The van der Waals surface area contributed by atoms with E-state index in [9.17, 15) is 9.59 Å². The van der Waals surface area contributed by atoms with Crippen LogP contribution in [0.15, 0.2) is 24.3 Å². The number of nitrogens with one attached hydrogen (secondary N) is 1. The summed E-state index contributed by atoms with van der Waals surface area (Å²) in [4.78, 5) is 22.4. The van der Waals surface area contributed by atoms with Crippen molar-refractivity contribution in [3.63, 3.8) is 0 Å². The molecule has 1 aromatic rings. The molecule has 0 aliphatic heterocycles. The van der Waals surface area contributed by atoms with Crippen molar-refractivity contribution in [1.29, 1.82) is 0 Å². The number of aromatic hydroxyl groups is 1. The maximum atomic E-state index is 11.4. The van der Waals surface area contributed by atoms with Crippen molar-refractivity contribution in [2.45, 2.75) is 25.4 Å². The average Bonchev–Trinajstić information content (AvgIpc) is 2.30. The van der Waals surface area contributed by atoms with E-state index < -0.39 is 24.0 Å². The highest BCUT2D eigenvalue weighted by atomic mass is 16.4. The van der Waals surface area contributed by atoms with Crippen molar-refractivity contribution >= 4 is 11.9 Å². The normalized spacial score (nSPS) is 13.7. The molecule has 6 heteroatoms. The molecule has 0 aromatic heterocycles. The summed E-state index contributed by atoms with van der Waals surface area (Å²) in [6.45, 7) is 1.48. The standard InChI is InChI=1S/C12H16N2O4/c1-7(13)11(16)14-10(12(17)18)6-8-2-4-9(15)5-3-8/h2-5,7,10,15H,6,13H2,1H3,(H,14,16)(H,17,18)/t7-,10?/m1/s1. The SMILES string of the molecule is C[C@@H](N)C(=O)NC(Cc1ccc(O)cc1)C(=O)O. The largest absolute Gasteiger partial charge is 0.508 e. The van der Waals surface area contributed by atoms with Crippen LogP contribution in [0.4, 0.5) is 0 Å². The number of hydrogen-bond donors (Lipinski definition) is 4. The van der Waals surface area contributed by atoms with E-state index >= 15 is 0 Å². The summed E-state index contributed by atoms with van der Waals surface area (Å²) in [6, 6.07) is 4.33. The van der Waals surface area contributed by atoms with Gasteiger partial charge >= 0.3 is 5.97 Å². The Hall–Kier alpha value is -2.08. The fourth-order valence-corrected chi connectivity index (χ4v) is 1.37. The molecule has 98 valence electrons. The molecule has 0 heterocycles. The molecule has 0 bridgehead atoms. The third-order valence-electron chi connectivity index (χ3n) is 2.40. The van der Waals surface area contributed by atoms with E-state index in [-0.39, 0.29) is 12.2 Å². The summed E-state index contributed by atoms with van der Waals surface area (Å²) in [7, 11) is 0. The summed E-state index contributed by atoms with van der Waals surface area (Å²) >= 11 is 0. The lowest BCUT2D eigenvalue weighted by molar-refractivity contribution is -0.141. The molecule has 0 fully saturated rings. The number of phenolic OH excluding ortho intramolecular Hbond substituents is 1. The second-order valence-corrected chi connectivity index (χ2v) is 4.06. The summed E-state index contributed by atoms with van der Waals surface area (Å²) < 4.78 is 0. The van der Waals surface area contributed by atoms with Gasteiger partial charge in [0.05, 0.1) is 6.04 Å². The van der Waals surface area contributed by atoms with Gasteiger partial charge in [0, 0.05) is 6.42 Å². The van der Waals surface area contributed by atoms with Crippen molar-refractivity contribution in [3.8, 4) is 5.75 Å². The molecule has 0 saturated heterocycles. The van der Waals surface area contributed by atoms with Gasteiger partial charge in [-0.2, -0.15) is 0 Å². The number of carbonyl (C=O) groups excluding carboxylic acids is 1. The van der Waals surface area contributed by atoms with Crippen LogP contribution in [0, 0.1) is 0 Å². The molecular formula is C12H16N2O4. The Labute approximate surface area is 104 Å². The van der Waals surface area contributed by atoms with E-state index in [4.69, 9.17) is 15.9 Å². The monoisotopic (exact) mass is 252 g/mol. The highest BCUT2D eigenvalue weighted by Gasteiger charge is 2.21. The fourth-order valence-electron chi connectivity index (χ4n) is 1.37. The lowest BCUT2D eigenvalue weighted by atomic mass is 10.1. The van der Waals surface area contributed by atoms with Gasteiger partial charge in [0.25, 0.3) is 0 Å². The fraction of sp³-hybridized carbons (Fsp3) is 0.333. The van der Waals surface area contributed by atoms with E-state index in [0.717, 1.165) is 0 Å². The topological polar surface area (TPSA) is 113 Å². The van der Waals surface area contributed by atoms with Crippen molar-refractivity contribution in [2.75, 3.05) is 0 Å². The first-order valence-corrected chi connectivity index (χ1v) is 5.47. The highest BCUT2D eigenvalue weighted by molar-refractivity contribution is 5.86. The summed E-state index contributed by atoms with van der Waals surface area (Å²) in [5, 5.41) is 20.5. The molecule has 1 amide bonds. The molecule has 0 aliphatic rings. The lowest BCUT2D eigenvalue weighted by Gasteiger charge is -2.16. The van der Waals surface area contributed by atoms with Crippen molar-refractivity contribution in [1.82, 2.24) is 5.32 Å². The molecule has 6 nitrogen and oxygen atoms in total. The number of benzene rings is 1. The first-order valence-electron chi connectivity index (χ1n) is 5.47. The first-order chi connectivity index (χ1) is 8.40. The molecule has 2 atom stereocenters. The zero-order valence-electron chi connectivity index (χ0n) is 9.96. The van der Waals surface area contributed by atoms with E-state index in [1.54, 1.807) is 12.1 Å². The Kier molecular flexibility index (Phi) is 4.67. The molecular weight excluding hydrogens is 236 g/mol. The van der Waals surface area contributed by atoms with E-state index in [0.29, 0.717) is 5.56 Å². The molecule has 1 aromatic carbocycles. The second-order valence-electron chi connectivity index (χ2n) is 4.06. The van der Waals surface area contributed by atoms with Gasteiger partial charge in [-0.25, -0.2) is 4.79 Å². The van der Waals surface area contributed by atoms with Crippen LogP contribution in [0.3, 0.4) is 0 Å². The van der Waals surface area contributed by atoms with Crippen molar-refractivity contribution in [3.05, 3.63) is 29.8 Å². The number of nitrogens with two attached hydrogens (primary N) is 1. The van der Waals surface area contributed by atoms with Crippen LogP contribution in [0.2, 0.25) is 0 Å². The third-order valence-corrected chi connectivity index (χ3v) is 2.40. The number of aliphatic carboxylic acids is 1. The van der Waals surface area contributed by atoms with Gasteiger partial charge in [0.15, 0.2) is 0 Å². The molecule has 18 heavy (non-hydrogen) atoms. The van der Waals surface area contributed by atoms with Gasteiger partial charge in [-0.05, 0) is 24.6 Å². The Bertz CT molecular complexity index is 428. The van der Waals surface area contributed by atoms with Crippen LogP contribution in [-0.2, 0) is 16.0 Å². The summed E-state index contributed by atoms with van der Waals surface area (Å²) in [5.41, 5.74) is 6.06. The van der Waals surface area contributed by atoms with Crippen molar-refractivity contribution < 1.29 is 19.8 Å². The number of carbonyl (C=O) groups is 2. The van der Waals surface area contributed by atoms with Crippen LogP contribution in [0.1, 0.15) is 12.5 Å². The summed E-state index contributed by atoms with van der Waals surface area (Å²) in [5.74, 6) is -1.54. The first kappa shape index (κ1) is 14.0. The zero-order valence-corrected chi connectivity index (χ0v) is 9.96. The molecule has 0 radical (unpaired) electrons. The van der Waals surface area contributed by atoms with Crippen LogP contribution >= 0.6 is 0 Å². The Morgan fingerprint density at radius 3 is 2.33 bits per heavy atom.